The Balaban J connectivity index is 2.10. The SMILES string of the molecule is O=C1C=C(Nc2ccccc2)c2c(O)cccc2C1=O. The lowest BCUT2D eigenvalue weighted by Gasteiger charge is -2.18. The molecule has 0 heterocycles. The van der Waals surface area contributed by atoms with Crippen LogP contribution >= 0.6 is 0 Å². The number of rotatable bonds is 2. The number of anilines is 1. The van der Waals surface area contributed by atoms with E-state index in [0.29, 0.717) is 11.3 Å². The van der Waals surface area contributed by atoms with Crippen molar-refractivity contribution in [2.45, 2.75) is 0 Å². The van der Waals surface area contributed by atoms with E-state index in [1.807, 2.05) is 30.3 Å². The molecule has 0 aromatic heterocycles. The number of hydrogen-bond donors (Lipinski definition) is 2. The summed E-state index contributed by atoms with van der Waals surface area (Å²) in [6.45, 7) is 0. The van der Waals surface area contributed by atoms with Crippen molar-refractivity contribution in [3.05, 3.63) is 65.7 Å². The first-order valence-corrected chi connectivity index (χ1v) is 6.11. The topological polar surface area (TPSA) is 66.4 Å². The van der Waals surface area contributed by atoms with Crippen molar-refractivity contribution in [3.8, 4) is 5.75 Å². The molecular weight excluding hydrogens is 254 g/mol. The van der Waals surface area contributed by atoms with Crippen molar-refractivity contribution in [3.63, 3.8) is 0 Å². The number of nitrogens with one attached hydrogen (secondary N) is 1. The highest BCUT2D eigenvalue weighted by Crippen LogP contribution is 2.33. The van der Waals surface area contributed by atoms with Gasteiger partial charge in [-0.1, -0.05) is 24.3 Å². The number of ketones is 2. The van der Waals surface area contributed by atoms with Crippen LogP contribution in [0.25, 0.3) is 5.70 Å². The molecule has 0 aliphatic heterocycles. The number of Topliss-reactive ketones (excluding diaryl/α,β-unsaturated/α-hetero) is 1. The second-order valence-electron chi connectivity index (χ2n) is 4.44. The Morgan fingerprint density at radius 1 is 0.900 bits per heavy atom. The molecule has 0 fully saturated rings. The molecule has 4 heteroatoms. The molecule has 3 rings (SSSR count). The molecule has 20 heavy (non-hydrogen) atoms. The van der Waals surface area contributed by atoms with E-state index in [2.05, 4.69) is 5.32 Å². The maximum Gasteiger partial charge on any atom is 0.233 e. The summed E-state index contributed by atoms with van der Waals surface area (Å²) in [6, 6.07) is 13.8. The number of aromatic hydroxyl groups is 1. The fraction of sp³-hybridized carbons (Fsp3) is 0. The van der Waals surface area contributed by atoms with Crippen LogP contribution in [-0.2, 0) is 4.79 Å². The summed E-state index contributed by atoms with van der Waals surface area (Å²) in [4.78, 5) is 23.6. The van der Waals surface area contributed by atoms with Gasteiger partial charge in [-0.25, -0.2) is 0 Å². The van der Waals surface area contributed by atoms with Gasteiger partial charge in [0.15, 0.2) is 0 Å². The molecule has 0 amide bonds. The molecule has 0 saturated heterocycles. The molecule has 98 valence electrons. The number of benzene rings is 2. The third-order valence-electron chi connectivity index (χ3n) is 3.11. The Kier molecular flexibility index (Phi) is 2.84. The van der Waals surface area contributed by atoms with Crippen molar-refractivity contribution >= 4 is 23.0 Å². The number of carbonyl (C=O) groups excluding carboxylic acids is 2. The molecule has 4 nitrogen and oxygen atoms in total. The Morgan fingerprint density at radius 2 is 1.65 bits per heavy atom. The summed E-state index contributed by atoms with van der Waals surface area (Å²) < 4.78 is 0. The Labute approximate surface area is 115 Å². The van der Waals surface area contributed by atoms with Crippen LogP contribution in [0.1, 0.15) is 15.9 Å². The van der Waals surface area contributed by atoms with Crippen LogP contribution in [0.5, 0.6) is 5.75 Å². The third-order valence-corrected chi connectivity index (χ3v) is 3.11. The van der Waals surface area contributed by atoms with Crippen molar-refractivity contribution in [1.29, 1.82) is 0 Å². The number of allylic oxidation sites excluding steroid dienone is 1. The van der Waals surface area contributed by atoms with Gasteiger partial charge in [-0.05, 0) is 24.3 Å². The van der Waals surface area contributed by atoms with E-state index < -0.39 is 11.6 Å². The lowest BCUT2D eigenvalue weighted by atomic mass is 9.92. The molecular formula is C16H11NO3. The number of phenolic OH excluding ortho intramolecular Hbond substituents is 1. The van der Waals surface area contributed by atoms with E-state index in [9.17, 15) is 14.7 Å². The number of fused-ring (bicyclic) bond motifs is 1. The quantitative estimate of drug-likeness (QED) is 0.819. The van der Waals surface area contributed by atoms with Crippen LogP contribution in [0, 0.1) is 0 Å². The maximum atomic E-state index is 11.8. The van der Waals surface area contributed by atoms with Crippen molar-refractivity contribution in [2.24, 2.45) is 0 Å². The van der Waals surface area contributed by atoms with Crippen molar-refractivity contribution < 1.29 is 14.7 Å². The Morgan fingerprint density at radius 3 is 2.40 bits per heavy atom. The molecule has 1 aliphatic rings. The highest BCUT2D eigenvalue weighted by molar-refractivity contribution is 6.51. The highest BCUT2D eigenvalue weighted by Gasteiger charge is 2.27. The zero-order valence-corrected chi connectivity index (χ0v) is 10.5. The average molecular weight is 265 g/mol. The first kappa shape index (κ1) is 12.2. The molecule has 2 N–H and O–H groups in total. The smallest absolute Gasteiger partial charge is 0.233 e. The first-order chi connectivity index (χ1) is 9.66. The van der Waals surface area contributed by atoms with Gasteiger partial charge in [0.1, 0.15) is 5.75 Å². The zero-order valence-electron chi connectivity index (χ0n) is 10.5. The Hall–Kier alpha value is -2.88. The van der Waals surface area contributed by atoms with Crippen LogP contribution in [0.3, 0.4) is 0 Å². The highest BCUT2D eigenvalue weighted by atomic mass is 16.3. The number of carbonyl (C=O) groups is 2. The first-order valence-electron chi connectivity index (χ1n) is 6.11. The molecule has 2 aromatic rings. The molecule has 2 aromatic carbocycles. The van der Waals surface area contributed by atoms with Gasteiger partial charge in [-0.2, -0.15) is 0 Å². The maximum absolute atomic E-state index is 11.8. The van der Waals surface area contributed by atoms with Crippen LogP contribution in [-0.4, -0.2) is 16.7 Å². The minimum atomic E-state index is -0.602. The van der Waals surface area contributed by atoms with Crippen LogP contribution < -0.4 is 5.32 Å². The molecule has 1 aliphatic carbocycles. The van der Waals surface area contributed by atoms with Crippen molar-refractivity contribution in [1.82, 2.24) is 0 Å². The van der Waals surface area contributed by atoms with Gasteiger partial charge in [0, 0.05) is 17.3 Å². The largest absolute Gasteiger partial charge is 0.507 e. The van der Waals surface area contributed by atoms with E-state index >= 15 is 0 Å². The van der Waals surface area contributed by atoms with Crippen LogP contribution in [0.2, 0.25) is 0 Å². The van der Waals surface area contributed by atoms with Gasteiger partial charge < -0.3 is 10.4 Å². The second-order valence-corrected chi connectivity index (χ2v) is 4.44. The van der Waals surface area contributed by atoms with Gasteiger partial charge in [-0.3, -0.25) is 9.59 Å². The summed E-state index contributed by atoms with van der Waals surface area (Å²) in [6.07, 6.45) is 1.22. The standard InChI is InChI=1S/C16H11NO3/c18-13-8-4-7-11-15(13)12(9-14(19)16(11)20)17-10-5-2-1-3-6-10/h1-9,17-18H. The predicted octanol–water partition coefficient (Wildman–Crippen LogP) is 2.61. The molecule has 0 radical (unpaired) electrons. The number of phenols is 1. The van der Waals surface area contributed by atoms with Crippen molar-refractivity contribution in [2.75, 3.05) is 5.32 Å². The van der Waals surface area contributed by atoms with E-state index in [0.717, 1.165) is 5.69 Å². The summed E-state index contributed by atoms with van der Waals surface area (Å²) in [5.41, 5.74) is 1.78. The second kappa shape index (κ2) is 4.66. The van der Waals surface area contributed by atoms with Crippen LogP contribution in [0.4, 0.5) is 5.69 Å². The van der Waals surface area contributed by atoms with Gasteiger partial charge in [-0.15, -0.1) is 0 Å². The summed E-state index contributed by atoms with van der Waals surface area (Å²) in [5, 5.41) is 13.0. The lowest BCUT2D eigenvalue weighted by Crippen LogP contribution is -2.21. The Bertz CT molecular complexity index is 733. The average Bonchev–Trinajstić information content (AvgIpc) is 2.45. The normalized spacial score (nSPS) is 13.7. The van der Waals surface area contributed by atoms with E-state index in [-0.39, 0.29) is 11.3 Å². The van der Waals surface area contributed by atoms with E-state index in [4.69, 9.17) is 0 Å². The fourth-order valence-electron chi connectivity index (χ4n) is 2.19. The molecule has 0 unspecified atom stereocenters. The van der Waals surface area contributed by atoms with Gasteiger partial charge >= 0.3 is 0 Å². The monoisotopic (exact) mass is 265 g/mol. The lowest BCUT2D eigenvalue weighted by molar-refractivity contribution is -0.111. The molecule has 0 bridgehead atoms. The zero-order chi connectivity index (χ0) is 14.1. The third kappa shape index (κ3) is 1.97. The number of hydrogen-bond acceptors (Lipinski definition) is 4. The minimum Gasteiger partial charge on any atom is -0.507 e. The predicted molar refractivity (Wildman–Crippen MR) is 75.5 cm³/mol. The molecule has 0 saturated carbocycles. The fourth-order valence-corrected chi connectivity index (χ4v) is 2.19. The summed E-state index contributed by atoms with van der Waals surface area (Å²) in [5.74, 6) is -1.23. The molecule has 0 spiro atoms. The summed E-state index contributed by atoms with van der Waals surface area (Å²) in [7, 11) is 0. The van der Waals surface area contributed by atoms with E-state index in [1.54, 1.807) is 6.07 Å². The van der Waals surface area contributed by atoms with Gasteiger partial charge in [0.2, 0.25) is 11.6 Å². The van der Waals surface area contributed by atoms with Gasteiger partial charge in [0.25, 0.3) is 0 Å². The van der Waals surface area contributed by atoms with E-state index in [1.165, 1.54) is 18.2 Å². The van der Waals surface area contributed by atoms with Crippen LogP contribution in [0.15, 0.2) is 54.6 Å². The molecule has 0 atom stereocenters. The van der Waals surface area contributed by atoms with Gasteiger partial charge in [0.05, 0.1) is 11.3 Å². The number of para-hydroxylation sites is 1. The minimum absolute atomic E-state index is 0.0296. The summed E-state index contributed by atoms with van der Waals surface area (Å²) >= 11 is 0.